The van der Waals surface area contributed by atoms with Crippen molar-refractivity contribution in [3.05, 3.63) is 68.7 Å². The molecule has 13 heteroatoms. The number of hydrogen-bond donors (Lipinski definition) is 2. The average Bonchev–Trinajstić information content (AvgIpc) is 2.64. The number of alkyl halides is 6. The van der Waals surface area contributed by atoms with Gasteiger partial charge in [0.05, 0.1) is 24.3 Å². The third-order valence-electron chi connectivity index (χ3n) is 3.97. The Hall–Kier alpha value is -2.50. The molecule has 0 aliphatic rings. The second kappa shape index (κ2) is 9.97. The summed E-state index contributed by atoms with van der Waals surface area (Å²) in [6.07, 6.45) is -10.0. The van der Waals surface area contributed by atoms with Crippen molar-refractivity contribution in [1.29, 1.82) is 0 Å². The highest BCUT2D eigenvalue weighted by Gasteiger charge is 2.36. The fraction of sp³-hybridized carbons (Fsp3) is 0.263. The Morgan fingerprint density at radius 1 is 0.906 bits per heavy atom. The third-order valence-corrected chi connectivity index (χ3v) is 4.41. The molecule has 0 aliphatic heterocycles. The van der Waals surface area contributed by atoms with Crippen molar-refractivity contribution in [1.82, 2.24) is 5.32 Å². The molecule has 0 saturated carbocycles. The van der Waals surface area contributed by atoms with Gasteiger partial charge < -0.3 is 15.8 Å². The average molecular weight is 503 g/mol. The molecule has 0 fully saturated rings. The van der Waals surface area contributed by atoms with Gasteiger partial charge in [-0.3, -0.25) is 9.59 Å². The lowest BCUT2D eigenvalue weighted by Gasteiger charge is -2.17. The van der Waals surface area contributed by atoms with E-state index in [0.29, 0.717) is 12.1 Å². The summed E-state index contributed by atoms with van der Waals surface area (Å²) in [5.74, 6) is -1.85. The second-order valence-electron chi connectivity index (χ2n) is 6.52. The van der Waals surface area contributed by atoms with E-state index in [1.165, 1.54) is 18.2 Å². The Balaban J connectivity index is 2.12. The summed E-state index contributed by atoms with van der Waals surface area (Å²) in [4.78, 5) is 23.9. The van der Waals surface area contributed by atoms with E-state index in [1.807, 2.05) is 0 Å². The number of nitrogens with one attached hydrogen (secondary N) is 1. The molecule has 2 aromatic carbocycles. The van der Waals surface area contributed by atoms with Gasteiger partial charge in [0, 0.05) is 15.6 Å². The van der Waals surface area contributed by atoms with Gasteiger partial charge >= 0.3 is 12.4 Å². The van der Waals surface area contributed by atoms with Crippen LogP contribution in [0.4, 0.5) is 26.3 Å². The molecule has 2 amide bonds. The van der Waals surface area contributed by atoms with E-state index < -0.39 is 60.1 Å². The highest BCUT2D eigenvalue weighted by molar-refractivity contribution is 6.35. The molecule has 0 spiro atoms. The predicted octanol–water partition coefficient (Wildman–Crippen LogP) is 4.83. The first kappa shape index (κ1) is 25.8. The highest BCUT2D eigenvalue weighted by Crippen LogP contribution is 2.36. The van der Waals surface area contributed by atoms with E-state index >= 15 is 0 Å². The van der Waals surface area contributed by atoms with Gasteiger partial charge in [0.25, 0.3) is 5.91 Å². The zero-order valence-electron chi connectivity index (χ0n) is 15.8. The molecular weight excluding hydrogens is 489 g/mol. The minimum absolute atomic E-state index is 0.0125. The lowest BCUT2D eigenvalue weighted by molar-refractivity contribution is -0.143. The molecule has 0 aliphatic carbocycles. The number of hydrogen-bond acceptors (Lipinski definition) is 3. The molecule has 32 heavy (non-hydrogen) atoms. The van der Waals surface area contributed by atoms with Crippen LogP contribution in [0.1, 0.15) is 27.0 Å². The molecule has 0 aromatic heterocycles. The van der Waals surface area contributed by atoms with Crippen molar-refractivity contribution >= 4 is 35.0 Å². The van der Waals surface area contributed by atoms with Gasteiger partial charge in [-0.15, -0.1) is 0 Å². The Kier molecular flexibility index (Phi) is 8.02. The molecule has 174 valence electrons. The summed E-state index contributed by atoms with van der Waals surface area (Å²) < 4.78 is 82.6. The van der Waals surface area contributed by atoms with Crippen LogP contribution in [-0.2, 0) is 28.5 Å². The number of rotatable bonds is 7. The monoisotopic (exact) mass is 502 g/mol. The molecule has 1 unspecified atom stereocenters. The number of nitrogens with two attached hydrogens (primary N) is 1. The van der Waals surface area contributed by atoms with E-state index in [9.17, 15) is 35.9 Å². The molecule has 0 saturated heterocycles. The molecule has 0 bridgehead atoms. The molecule has 2 rings (SSSR count). The summed E-state index contributed by atoms with van der Waals surface area (Å²) in [5.41, 5.74) is 1.71. The molecule has 0 radical (unpaired) electrons. The highest BCUT2D eigenvalue weighted by atomic mass is 35.5. The standard InChI is InChI=1S/C19H14Cl2F6N2O3/c20-13-3-10(4-14(21)6-13)17(31)29-15(16(28)30)8-32-7-9-1-11(18(22,23)24)5-12(2-9)19(25,26)27/h1-6,15H,7-8H2,(H2,28,30)(H,29,31). The van der Waals surface area contributed by atoms with E-state index in [1.54, 1.807) is 0 Å². The summed E-state index contributed by atoms with van der Waals surface area (Å²) >= 11 is 11.6. The fourth-order valence-corrected chi connectivity index (χ4v) is 3.04. The van der Waals surface area contributed by atoms with Crippen molar-refractivity contribution in [3.63, 3.8) is 0 Å². The molecule has 1 atom stereocenters. The van der Waals surface area contributed by atoms with Gasteiger partial charge in [-0.25, -0.2) is 0 Å². The number of primary amides is 1. The van der Waals surface area contributed by atoms with Crippen LogP contribution in [0.15, 0.2) is 36.4 Å². The predicted molar refractivity (Wildman–Crippen MR) is 103 cm³/mol. The number of carbonyl (C=O) groups is 2. The van der Waals surface area contributed by atoms with Crippen LogP contribution in [0.2, 0.25) is 10.0 Å². The van der Waals surface area contributed by atoms with Crippen LogP contribution in [-0.4, -0.2) is 24.5 Å². The maximum Gasteiger partial charge on any atom is 0.416 e. The number of benzene rings is 2. The van der Waals surface area contributed by atoms with Gasteiger partial charge in [0.15, 0.2) is 0 Å². The first-order valence-electron chi connectivity index (χ1n) is 8.59. The van der Waals surface area contributed by atoms with E-state index in [2.05, 4.69) is 5.32 Å². The summed E-state index contributed by atoms with van der Waals surface area (Å²) in [6, 6.07) is 3.38. The lowest BCUT2D eigenvalue weighted by Crippen LogP contribution is -2.47. The van der Waals surface area contributed by atoms with E-state index in [0.717, 1.165) is 0 Å². The summed E-state index contributed by atoms with van der Waals surface area (Å²) in [6.45, 7) is -1.33. The Bertz CT molecular complexity index is 959. The zero-order valence-corrected chi connectivity index (χ0v) is 17.3. The first-order chi connectivity index (χ1) is 14.7. The third kappa shape index (κ3) is 7.28. The van der Waals surface area contributed by atoms with Crippen LogP contribution >= 0.6 is 23.2 Å². The first-order valence-corrected chi connectivity index (χ1v) is 9.35. The largest absolute Gasteiger partial charge is 0.416 e. The van der Waals surface area contributed by atoms with Crippen LogP contribution in [0.5, 0.6) is 0 Å². The number of amides is 2. The molecule has 5 nitrogen and oxygen atoms in total. The Labute approximate surface area is 187 Å². The van der Waals surface area contributed by atoms with Gasteiger partial charge in [0.1, 0.15) is 6.04 Å². The Morgan fingerprint density at radius 3 is 1.84 bits per heavy atom. The van der Waals surface area contributed by atoms with Crippen molar-refractivity contribution in [2.45, 2.75) is 25.0 Å². The number of carbonyl (C=O) groups excluding carboxylic acids is 2. The van der Waals surface area contributed by atoms with Gasteiger partial charge in [-0.05, 0) is 42.0 Å². The molecule has 3 N–H and O–H groups in total. The maximum absolute atomic E-state index is 12.9. The molecule has 0 heterocycles. The van der Waals surface area contributed by atoms with Gasteiger partial charge in [-0.1, -0.05) is 23.2 Å². The van der Waals surface area contributed by atoms with E-state index in [4.69, 9.17) is 33.7 Å². The lowest BCUT2D eigenvalue weighted by atomic mass is 10.1. The number of ether oxygens (including phenoxy) is 1. The zero-order chi connectivity index (χ0) is 24.3. The maximum atomic E-state index is 12.9. The van der Waals surface area contributed by atoms with Crippen molar-refractivity contribution in [2.75, 3.05) is 6.61 Å². The van der Waals surface area contributed by atoms with Crippen LogP contribution in [0, 0.1) is 0 Å². The second-order valence-corrected chi connectivity index (χ2v) is 7.39. The van der Waals surface area contributed by atoms with Crippen molar-refractivity contribution in [2.24, 2.45) is 5.73 Å². The minimum atomic E-state index is -5.02. The van der Waals surface area contributed by atoms with Crippen molar-refractivity contribution < 1.29 is 40.7 Å². The van der Waals surface area contributed by atoms with Gasteiger partial charge in [0.2, 0.25) is 5.91 Å². The van der Waals surface area contributed by atoms with Gasteiger partial charge in [-0.2, -0.15) is 26.3 Å². The smallest absolute Gasteiger partial charge is 0.374 e. The topological polar surface area (TPSA) is 81.4 Å². The van der Waals surface area contributed by atoms with Crippen LogP contribution in [0.3, 0.4) is 0 Å². The minimum Gasteiger partial charge on any atom is -0.374 e. The van der Waals surface area contributed by atoms with Crippen LogP contribution < -0.4 is 11.1 Å². The van der Waals surface area contributed by atoms with Crippen LogP contribution in [0.25, 0.3) is 0 Å². The number of halogens is 8. The normalized spacial score (nSPS) is 13.0. The van der Waals surface area contributed by atoms with Crippen molar-refractivity contribution in [3.8, 4) is 0 Å². The molecular formula is C19H14Cl2F6N2O3. The Morgan fingerprint density at radius 2 is 1.41 bits per heavy atom. The summed E-state index contributed by atoms with van der Waals surface area (Å²) in [5, 5.41) is 2.51. The van der Waals surface area contributed by atoms with E-state index in [-0.39, 0.29) is 21.7 Å². The SMILES string of the molecule is NC(=O)C(COCc1cc(C(F)(F)F)cc(C(F)(F)F)c1)NC(=O)c1cc(Cl)cc(Cl)c1. The summed E-state index contributed by atoms with van der Waals surface area (Å²) in [7, 11) is 0. The quantitative estimate of drug-likeness (QED) is 0.532. The molecule has 2 aromatic rings. The fourth-order valence-electron chi connectivity index (χ4n) is 2.52.